The average molecular weight is 426 g/mol. The Bertz CT molecular complexity index is 799. The van der Waals surface area contributed by atoms with Crippen molar-refractivity contribution in [2.24, 2.45) is 5.92 Å². The summed E-state index contributed by atoms with van der Waals surface area (Å²) in [6, 6.07) is 10.0. The molecule has 3 rings (SSSR count). The van der Waals surface area contributed by atoms with Gasteiger partial charge >= 0.3 is 0 Å². The fourth-order valence-electron chi connectivity index (χ4n) is 3.15. The van der Waals surface area contributed by atoms with E-state index < -0.39 is 5.82 Å². The Morgan fingerprint density at radius 1 is 1.36 bits per heavy atom. The first-order chi connectivity index (χ1) is 11.9. The van der Waals surface area contributed by atoms with Gasteiger partial charge in [-0.3, -0.25) is 4.79 Å². The lowest BCUT2D eigenvalue weighted by Crippen LogP contribution is -2.31. The summed E-state index contributed by atoms with van der Waals surface area (Å²) in [5.41, 5.74) is 2.66. The van der Waals surface area contributed by atoms with E-state index in [1.54, 1.807) is 6.07 Å². The van der Waals surface area contributed by atoms with Gasteiger partial charge in [-0.2, -0.15) is 0 Å². The molecule has 2 aromatic carbocycles. The summed E-state index contributed by atoms with van der Waals surface area (Å²) >= 11 is 9.40. The number of halogens is 3. The quantitative estimate of drug-likeness (QED) is 0.763. The molecule has 1 atom stereocenters. The molecule has 2 aromatic rings. The summed E-state index contributed by atoms with van der Waals surface area (Å²) in [4.78, 5) is 14.6. The number of nitrogens with one attached hydrogen (secondary N) is 1. The number of rotatable bonds is 4. The van der Waals surface area contributed by atoms with Gasteiger partial charge in [0.25, 0.3) is 5.91 Å². The maximum Gasteiger partial charge on any atom is 0.252 e. The third kappa shape index (κ3) is 4.33. The lowest BCUT2D eigenvalue weighted by Gasteiger charge is -2.21. The van der Waals surface area contributed by atoms with Crippen LogP contribution < -0.4 is 10.2 Å². The van der Waals surface area contributed by atoms with Crippen molar-refractivity contribution in [1.82, 2.24) is 5.32 Å². The zero-order chi connectivity index (χ0) is 18.0. The van der Waals surface area contributed by atoms with Crippen molar-refractivity contribution in [3.8, 4) is 0 Å². The van der Waals surface area contributed by atoms with E-state index in [9.17, 15) is 9.18 Å². The minimum absolute atomic E-state index is 0.260. The lowest BCUT2D eigenvalue weighted by atomic mass is 10.1. The van der Waals surface area contributed by atoms with Crippen LogP contribution in [0.25, 0.3) is 0 Å². The predicted octanol–water partition coefficient (Wildman–Crippen LogP) is 4.81. The van der Waals surface area contributed by atoms with E-state index in [0.29, 0.717) is 22.5 Å². The minimum atomic E-state index is -0.420. The predicted molar refractivity (Wildman–Crippen MR) is 103 cm³/mol. The molecule has 3 nitrogen and oxygen atoms in total. The van der Waals surface area contributed by atoms with Crippen molar-refractivity contribution in [2.75, 3.05) is 24.5 Å². The maximum absolute atomic E-state index is 13.3. The van der Waals surface area contributed by atoms with E-state index in [4.69, 9.17) is 11.6 Å². The topological polar surface area (TPSA) is 32.3 Å². The number of carbonyl (C=O) groups is 1. The van der Waals surface area contributed by atoms with Gasteiger partial charge in [0.05, 0.1) is 5.56 Å². The fraction of sp³-hybridized carbons (Fsp3) is 0.316. The normalized spacial score (nSPS) is 17.0. The SMILES string of the molecule is Cc1ccc(Cl)cc1N1CCC(CNC(=O)c2cc(F)ccc2Br)C1. The Hall–Kier alpha value is -1.59. The molecule has 1 aliphatic rings. The Labute approximate surface area is 160 Å². The Kier molecular flexibility index (Phi) is 5.64. The molecular weight excluding hydrogens is 407 g/mol. The highest BCUT2D eigenvalue weighted by molar-refractivity contribution is 9.10. The van der Waals surface area contributed by atoms with Crippen LogP contribution >= 0.6 is 27.5 Å². The largest absolute Gasteiger partial charge is 0.371 e. The van der Waals surface area contributed by atoms with E-state index >= 15 is 0 Å². The maximum atomic E-state index is 13.3. The van der Waals surface area contributed by atoms with Crippen LogP contribution in [0.15, 0.2) is 40.9 Å². The van der Waals surface area contributed by atoms with Crippen LogP contribution in [-0.4, -0.2) is 25.5 Å². The first kappa shape index (κ1) is 18.2. The summed E-state index contributed by atoms with van der Waals surface area (Å²) in [5, 5.41) is 3.65. The molecule has 1 heterocycles. The number of aryl methyl sites for hydroxylation is 1. The van der Waals surface area contributed by atoms with Crippen LogP contribution in [0, 0.1) is 18.7 Å². The molecule has 6 heteroatoms. The average Bonchev–Trinajstić information content (AvgIpc) is 3.06. The van der Waals surface area contributed by atoms with Gasteiger partial charge in [-0.1, -0.05) is 17.7 Å². The zero-order valence-electron chi connectivity index (χ0n) is 13.9. The lowest BCUT2D eigenvalue weighted by molar-refractivity contribution is 0.0947. The molecule has 0 radical (unpaired) electrons. The second-order valence-corrected chi connectivity index (χ2v) is 7.66. The summed E-state index contributed by atoms with van der Waals surface area (Å²) < 4.78 is 13.9. The van der Waals surface area contributed by atoms with Gasteiger partial charge in [0, 0.05) is 34.8 Å². The highest BCUT2D eigenvalue weighted by atomic mass is 79.9. The van der Waals surface area contributed by atoms with E-state index in [1.807, 2.05) is 18.2 Å². The van der Waals surface area contributed by atoms with Gasteiger partial charge in [-0.25, -0.2) is 4.39 Å². The monoisotopic (exact) mass is 424 g/mol. The van der Waals surface area contributed by atoms with Crippen molar-refractivity contribution in [3.63, 3.8) is 0 Å². The van der Waals surface area contributed by atoms with Crippen LogP contribution in [0.2, 0.25) is 5.02 Å². The van der Waals surface area contributed by atoms with Crippen LogP contribution in [0.4, 0.5) is 10.1 Å². The highest BCUT2D eigenvalue weighted by Gasteiger charge is 2.24. The molecule has 1 unspecified atom stereocenters. The molecule has 0 saturated carbocycles. The molecule has 1 amide bonds. The molecule has 0 aromatic heterocycles. The summed E-state index contributed by atoms with van der Waals surface area (Å²) in [6.07, 6.45) is 0.997. The van der Waals surface area contributed by atoms with Crippen molar-refractivity contribution in [1.29, 1.82) is 0 Å². The van der Waals surface area contributed by atoms with Crippen LogP contribution in [0.3, 0.4) is 0 Å². The number of amides is 1. The van der Waals surface area contributed by atoms with Gasteiger partial charge < -0.3 is 10.2 Å². The van der Waals surface area contributed by atoms with Gasteiger partial charge in [-0.15, -0.1) is 0 Å². The number of nitrogens with zero attached hydrogens (tertiary/aromatic N) is 1. The van der Waals surface area contributed by atoms with Crippen LogP contribution in [-0.2, 0) is 0 Å². The standard InChI is InChI=1S/C19H19BrClFN2O/c1-12-2-3-14(21)8-18(12)24-7-6-13(11-24)10-23-19(25)16-9-15(22)4-5-17(16)20/h2-5,8-9,13H,6-7,10-11H2,1H3,(H,23,25). The van der Waals surface area contributed by atoms with Crippen LogP contribution in [0.5, 0.6) is 0 Å². The van der Waals surface area contributed by atoms with Crippen molar-refractivity contribution >= 4 is 39.1 Å². The van der Waals surface area contributed by atoms with E-state index in [1.165, 1.54) is 17.7 Å². The van der Waals surface area contributed by atoms with Gasteiger partial charge in [0.15, 0.2) is 0 Å². The van der Waals surface area contributed by atoms with Gasteiger partial charge in [0.2, 0.25) is 0 Å². The number of hydrogen-bond acceptors (Lipinski definition) is 2. The fourth-order valence-corrected chi connectivity index (χ4v) is 3.74. The molecule has 1 saturated heterocycles. The molecule has 0 aliphatic carbocycles. The molecule has 1 fully saturated rings. The second-order valence-electron chi connectivity index (χ2n) is 6.37. The number of anilines is 1. The van der Waals surface area contributed by atoms with Crippen molar-refractivity contribution in [3.05, 3.63) is 62.8 Å². The van der Waals surface area contributed by atoms with E-state index in [2.05, 4.69) is 33.1 Å². The Morgan fingerprint density at radius 3 is 2.96 bits per heavy atom. The molecule has 25 heavy (non-hydrogen) atoms. The van der Waals surface area contributed by atoms with E-state index in [0.717, 1.165) is 30.2 Å². The minimum Gasteiger partial charge on any atom is -0.371 e. The third-order valence-corrected chi connectivity index (χ3v) is 5.45. The third-order valence-electron chi connectivity index (χ3n) is 4.52. The summed E-state index contributed by atoms with van der Waals surface area (Å²) in [6.45, 7) is 4.44. The Balaban J connectivity index is 1.59. The van der Waals surface area contributed by atoms with Gasteiger partial charge in [0.1, 0.15) is 5.82 Å². The van der Waals surface area contributed by atoms with Crippen molar-refractivity contribution in [2.45, 2.75) is 13.3 Å². The Morgan fingerprint density at radius 2 is 2.16 bits per heavy atom. The molecule has 0 bridgehead atoms. The summed E-state index contributed by atoms with van der Waals surface area (Å²) in [7, 11) is 0. The zero-order valence-corrected chi connectivity index (χ0v) is 16.2. The van der Waals surface area contributed by atoms with E-state index in [-0.39, 0.29) is 5.91 Å². The highest BCUT2D eigenvalue weighted by Crippen LogP contribution is 2.29. The van der Waals surface area contributed by atoms with Crippen molar-refractivity contribution < 1.29 is 9.18 Å². The molecule has 1 aliphatic heterocycles. The molecule has 132 valence electrons. The molecule has 1 N–H and O–H groups in total. The second kappa shape index (κ2) is 7.75. The smallest absolute Gasteiger partial charge is 0.252 e. The molecular formula is C19H19BrClFN2O. The first-order valence-corrected chi connectivity index (χ1v) is 9.35. The number of hydrogen-bond donors (Lipinski definition) is 1. The van der Waals surface area contributed by atoms with Gasteiger partial charge in [-0.05, 0) is 71.1 Å². The molecule has 0 spiro atoms. The summed E-state index contributed by atoms with van der Waals surface area (Å²) in [5.74, 6) is -0.324. The number of carbonyl (C=O) groups excluding carboxylic acids is 1. The van der Waals surface area contributed by atoms with Crippen LogP contribution in [0.1, 0.15) is 22.3 Å². The first-order valence-electron chi connectivity index (χ1n) is 8.18. The number of benzene rings is 2.